The number of amides is 1. The van der Waals surface area contributed by atoms with E-state index in [1.54, 1.807) is 19.0 Å². The topological polar surface area (TPSA) is 74.6 Å². The maximum absolute atomic E-state index is 11.5. The van der Waals surface area contributed by atoms with E-state index in [0.29, 0.717) is 0 Å². The van der Waals surface area contributed by atoms with Crippen LogP contribution in [0.1, 0.15) is 0 Å². The highest BCUT2D eigenvalue weighted by atomic mass is 16.7. The monoisotopic (exact) mass is 227 g/mol. The zero-order valence-electron chi connectivity index (χ0n) is 9.98. The summed E-state index contributed by atoms with van der Waals surface area (Å²) < 4.78 is 9.79. The summed E-state index contributed by atoms with van der Waals surface area (Å²) in [4.78, 5) is 13.1. The second-order valence-corrected chi connectivity index (χ2v) is 3.23. The Kier molecular flexibility index (Phi) is 6.92. The van der Waals surface area contributed by atoms with Crippen molar-refractivity contribution in [2.24, 2.45) is 0 Å². The van der Waals surface area contributed by atoms with Gasteiger partial charge in [0.1, 0.15) is 11.6 Å². The van der Waals surface area contributed by atoms with Crippen LogP contribution in [0.2, 0.25) is 0 Å². The van der Waals surface area contributed by atoms with Crippen LogP contribution in [-0.4, -0.2) is 52.0 Å². The Balaban J connectivity index is 4.30. The lowest BCUT2D eigenvalue weighted by molar-refractivity contribution is -0.124. The molecule has 0 rings (SSSR count). The van der Waals surface area contributed by atoms with Crippen LogP contribution in [0.4, 0.5) is 0 Å². The van der Waals surface area contributed by atoms with E-state index >= 15 is 0 Å². The van der Waals surface area contributed by atoms with Gasteiger partial charge in [-0.25, -0.2) is 0 Å². The smallest absolute Gasteiger partial charge is 0.263 e. The van der Waals surface area contributed by atoms with Gasteiger partial charge in [0.15, 0.2) is 6.29 Å². The van der Waals surface area contributed by atoms with E-state index in [2.05, 4.69) is 5.32 Å². The summed E-state index contributed by atoms with van der Waals surface area (Å²) in [7, 11) is 6.41. The van der Waals surface area contributed by atoms with Gasteiger partial charge in [0.2, 0.25) is 0 Å². The number of nitrogens with zero attached hydrogens (tertiary/aromatic N) is 2. The molecule has 0 aromatic carbocycles. The van der Waals surface area contributed by atoms with Crippen molar-refractivity contribution in [1.82, 2.24) is 10.2 Å². The zero-order valence-corrected chi connectivity index (χ0v) is 9.98. The van der Waals surface area contributed by atoms with Crippen LogP contribution >= 0.6 is 0 Å². The number of hydrogen-bond acceptors (Lipinski definition) is 5. The van der Waals surface area contributed by atoms with Crippen molar-refractivity contribution in [2.45, 2.75) is 6.29 Å². The van der Waals surface area contributed by atoms with E-state index in [0.717, 1.165) is 0 Å². The SMILES string of the molecule is COC(CNC(=O)/C(C#N)=C/N(C)C)OC. The van der Waals surface area contributed by atoms with E-state index in [1.807, 2.05) is 6.07 Å². The summed E-state index contributed by atoms with van der Waals surface area (Å²) in [6.07, 6.45) is 0.937. The molecule has 90 valence electrons. The minimum absolute atomic E-state index is 0.0379. The first-order valence-corrected chi connectivity index (χ1v) is 4.67. The van der Waals surface area contributed by atoms with Gasteiger partial charge < -0.3 is 19.7 Å². The van der Waals surface area contributed by atoms with Crippen LogP contribution in [0.25, 0.3) is 0 Å². The molecule has 0 aliphatic rings. The molecule has 1 amide bonds. The highest BCUT2D eigenvalue weighted by Gasteiger charge is 2.12. The standard InChI is InChI=1S/C10H17N3O3/c1-13(2)7-8(5-11)10(14)12-6-9(15-3)16-4/h7,9H,6H2,1-4H3,(H,12,14)/b8-7+. The normalized spacial score (nSPS) is 11.1. The summed E-state index contributed by atoms with van der Waals surface area (Å²) in [6.45, 7) is 0.193. The predicted molar refractivity (Wildman–Crippen MR) is 58.2 cm³/mol. The van der Waals surface area contributed by atoms with Gasteiger partial charge in [0.05, 0.1) is 6.54 Å². The van der Waals surface area contributed by atoms with E-state index in [1.165, 1.54) is 20.4 Å². The predicted octanol–water partition coefficient (Wildman–Crippen LogP) is -0.309. The fourth-order valence-electron chi connectivity index (χ4n) is 0.931. The molecule has 0 unspecified atom stereocenters. The van der Waals surface area contributed by atoms with Crippen molar-refractivity contribution in [1.29, 1.82) is 5.26 Å². The van der Waals surface area contributed by atoms with Crippen molar-refractivity contribution in [3.05, 3.63) is 11.8 Å². The molecule has 6 heteroatoms. The average Bonchev–Trinajstić information content (AvgIpc) is 2.26. The maximum atomic E-state index is 11.5. The third-order valence-corrected chi connectivity index (χ3v) is 1.71. The molecule has 16 heavy (non-hydrogen) atoms. The Labute approximate surface area is 95.4 Å². The molecule has 0 aliphatic heterocycles. The molecule has 0 spiro atoms. The summed E-state index contributed by atoms with van der Waals surface area (Å²) in [5.74, 6) is -0.449. The lowest BCUT2D eigenvalue weighted by atomic mass is 10.3. The summed E-state index contributed by atoms with van der Waals surface area (Å²) in [6, 6.07) is 1.82. The highest BCUT2D eigenvalue weighted by Crippen LogP contribution is 1.95. The molecule has 6 nitrogen and oxygen atoms in total. The first-order chi connectivity index (χ1) is 7.54. The summed E-state index contributed by atoms with van der Waals surface area (Å²) in [5, 5.41) is 11.3. The van der Waals surface area contributed by atoms with Crippen molar-refractivity contribution in [2.75, 3.05) is 34.9 Å². The van der Waals surface area contributed by atoms with Crippen molar-refractivity contribution < 1.29 is 14.3 Å². The molecule has 0 aliphatic carbocycles. The van der Waals surface area contributed by atoms with E-state index in [4.69, 9.17) is 14.7 Å². The zero-order chi connectivity index (χ0) is 12.6. The number of rotatable bonds is 6. The Bertz CT molecular complexity index is 290. The molecule has 0 saturated heterocycles. The Morgan fingerprint density at radius 1 is 1.50 bits per heavy atom. The van der Waals surface area contributed by atoms with Crippen LogP contribution in [0.5, 0.6) is 0 Å². The third-order valence-electron chi connectivity index (χ3n) is 1.71. The molecule has 0 fully saturated rings. The Morgan fingerprint density at radius 2 is 2.06 bits per heavy atom. The van der Waals surface area contributed by atoms with Gasteiger partial charge in [0, 0.05) is 34.5 Å². The molecule has 0 aromatic rings. The van der Waals surface area contributed by atoms with Crippen LogP contribution in [0, 0.1) is 11.3 Å². The van der Waals surface area contributed by atoms with E-state index < -0.39 is 12.2 Å². The first-order valence-electron chi connectivity index (χ1n) is 4.67. The van der Waals surface area contributed by atoms with Gasteiger partial charge in [0.25, 0.3) is 5.91 Å². The van der Waals surface area contributed by atoms with E-state index in [-0.39, 0.29) is 12.1 Å². The minimum atomic E-state index is -0.511. The Morgan fingerprint density at radius 3 is 2.44 bits per heavy atom. The molecule has 1 N–H and O–H groups in total. The second-order valence-electron chi connectivity index (χ2n) is 3.23. The number of ether oxygens (including phenoxy) is 2. The number of carbonyl (C=O) groups is 1. The number of carbonyl (C=O) groups excluding carboxylic acids is 1. The van der Waals surface area contributed by atoms with Gasteiger partial charge in [-0.15, -0.1) is 0 Å². The molecule has 0 aromatic heterocycles. The quantitative estimate of drug-likeness (QED) is 0.383. The summed E-state index contributed by atoms with van der Waals surface area (Å²) in [5.41, 5.74) is 0.0379. The molecule has 0 radical (unpaired) electrons. The highest BCUT2D eigenvalue weighted by molar-refractivity contribution is 5.97. The van der Waals surface area contributed by atoms with Crippen LogP contribution in [0.15, 0.2) is 11.8 Å². The summed E-state index contributed by atoms with van der Waals surface area (Å²) >= 11 is 0. The fourth-order valence-corrected chi connectivity index (χ4v) is 0.931. The molecule has 0 bridgehead atoms. The fraction of sp³-hybridized carbons (Fsp3) is 0.600. The van der Waals surface area contributed by atoms with Crippen molar-refractivity contribution in [3.8, 4) is 6.07 Å². The average molecular weight is 227 g/mol. The van der Waals surface area contributed by atoms with Crippen LogP contribution < -0.4 is 5.32 Å². The lowest BCUT2D eigenvalue weighted by Gasteiger charge is -2.14. The minimum Gasteiger partial charge on any atom is -0.382 e. The Hall–Kier alpha value is -1.58. The van der Waals surface area contributed by atoms with Crippen LogP contribution in [0.3, 0.4) is 0 Å². The molecular weight excluding hydrogens is 210 g/mol. The molecular formula is C10H17N3O3. The third kappa shape index (κ3) is 5.34. The second kappa shape index (κ2) is 7.68. The molecule has 0 saturated carbocycles. The maximum Gasteiger partial charge on any atom is 0.263 e. The van der Waals surface area contributed by atoms with Gasteiger partial charge >= 0.3 is 0 Å². The van der Waals surface area contributed by atoms with Gasteiger partial charge in [-0.1, -0.05) is 0 Å². The number of methoxy groups -OCH3 is 2. The van der Waals surface area contributed by atoms with Gasteiger partial charge in [-0.2, -0.15) is 5.26 Å². The van der Waals surface area contributed by atoms with Crippen molar-refractivity contribution >= 4 is 5.91 Å². The number of hydrogen-bond donors (Lipinski definition) is 1. The van der Waals surface area contributed by atoms with E-state index in [9.17, 15) is 4.79 Å². The van der Waals surface area contributed by atoms with Crippen molar-refractivity contribution in [3.63, 3.8) is 0 Å². The lowest BCUT2D eigenvalue weighted by Crippen LogP contribution is -2.35. The molecule has 0 heterocycles. The first kappa shape index (κ1) is 14.4. The van der Waals surface area contributed by atoms with Gasteiger partial charge in [-0.3, -0.25) is 4.79 Å². The largest absolute Gasteiger partial charge is 0.382 e. The number of nitriles is 1. The van der Waals surface area contributed by atoms with Gasteiger partial charge in [-0.05, 0) is 0 Å². The van der Waals surface area contributed by atoms with Crippen LogP contribution in [-0.2, 0) is 14.3 Å². The molecule has 0 atom stereocenters. The number of nitrogens with one attached hydrogen (secondary N) is 1.